The number of primary sulfonamides is 1. The maximum absolute atomic E-state index is 11.3. The summed E-state index contributed by atoms with van der Waals surface area (Å²) in [5.74, 6) is -0.238. The SMILES string of the molecule is CCNC(=O)c1ccc(S(N)(=O)=O)cc1.CNC. The average molecular weight is 273 g/mol. The molecule has 0 aromatic heterocycles. The Morgan fingerprint density at radius 3 is 2.00 bits per heavy atom. The van der Waals surface area contributed by atoms with E-state index >= 15 is 0 Å². The van der Waals surface area contributed by atoms with E-state index in [1.54, 1.807) is 6.92 Å². The van der Waals surface area contributed by atoms with Gasteiger partial charge in [0.15, 0.2) is 0 Å². The van der Waals surface area contributed by atoms with Crippen LogP contribution in [0.4, 0.5) is 0 Å². The molecule has 0 atom stereocenters. The Labute approximate surface area is 108 Å². The van der Waals surface area contributed by atoms with Gasteiger partial charge in [0.05, 0.1) is 4.90 Å². The molecule has 0 spiro atoms. The van der Waals surface area contributed by atoms with Gasteiger partial charge in [-0.1, -0.05) is 0 Å². The number of nitrogens with two attached hydrogens (primary N) is 1. The highest BCUT2D eigenvalue weighted by Crippen LogP contribution is 2.08. The van der Waals surface area contributed by atoms with Gasteiger partial charge in [0, 0.05) is 12.1 Å². The third-order valence-corrected chi connectivity index (χ3v) is 2.71. The third-order valence-electron chi connectivity index (χ3n) is 1.78. The van der Waals surface area contributed by atoms with Gasteiger partial charge < -0.3 is 10.6 Å². The van der Waals surface area contributed by atoms with Crippen molar-refractivity contribution < 1.29 is 13.2 Å². The van der Waals surface area contributed by atoms with Crippen LogP contribution in [0.15, 0.2) is 29.2 Å². The van der Waals surface area contributed by atoms with Gasteiger partial charge in [-0.3, -0.25) is 4.79 Å². The predicted molar refractivity (Wildman–Crippen MR) is 70.8 cm³/mol. The molecule has 0 radical (unpaired) electrons. The molecular formula is C11H19N3O3S. The predicted octanol–water partition coefficient (Wildman–Crippen LogP) is -0.0807. The number of rotatable bonds is 3. The molecular weight excluding hydrogens is 254 g/mol. The van der Waals surface area contributed by atoms with Crippen molar-refractivity contribution in [3.8, 4) is 0 Å². The number of hydrogen-bond acceptors (Lipinski definition) is 4. The first kappa shape index (κ1) is 16.6. The van der Waals surface area contributed by atoms with Gasteiger partial charge in [-0.2, -0.15) is 0 Å². The van der Waals surface area contributed by atoms with Crippen molar-refractivity contribution in [2.45, 2.75) is 11.8 Å². The maximum Gasteiger partial charge on any atom is 0.251 e. The van der Waals surface area contributed by atoms with Gasteiger partial charge in [-0.25, -0.2) is 13.6 Å². The smallest absolute Gasteiger partial charge is 0.251 e. The molecule has 0 aliphatic heterocycles. The zero-order valence-corrected chi connectivity index (χ0v) is 11.5. The van der Waals surface area contributed by atoms with Crippen LogP contribution in [-0.4, -0.2) is 35.0 Å². The number of carbonyl (C=O) groups excluding carboxylic acids is 1. The van der Waals surface area contributed by atoms with Crippen LogP contribution in [0.3, 0.4) is 0 Å². The standard InChI is InChI=1S/C9H12N2O3S.C2H7N/c1-2-11-9(12)7-3-5-8(6-4-7)15(10,13)14;1-3-2/h3-6H,2H2,1H3,(H,11,12)(H2,10,13,14);3H,1-2H3. The zero-order chi connectivity index (χ0) is 14.2. The van der Waals surface area contributed by atoms with Crippen LogP contribution >= 0.6 is 0 Å². The second-order valence-corrected chi connectivity index (χ2v) is 4.99. The number of sulfonamides is 1. The second kappa shape index (κ2) is 7.80. The van der Waals surface area contributed by atoms with Crippen LogP contribution in [0.25, 0.3) is 0 Å². The van der Waals surface area contributed by atoms with E-state index in [4.69, 9.17) is 5.14 Å². The summed E-state index contributed by atoms with van der Waals surface area (Å²) in [6.07, 6.45) is 0. The second-order valence-electron chi connectivity index (χ2n) is 3.43. The van der Waals surface area contributed by atoms with E-state index in [0.29, 0.717) is 12.1 Å². The van der Waals surface area contributed by atoms with Crippen molar-refractivity contribution >= 4 is 15.9 Å². The molecule has 0 bridgehead atoms. The van der Waals surface area contributed by atoms with Crippen molar-refractivity contribution in [3.63, 3.8) is 0 Å². The summed E-state index contributed by atoms with van der Waals surface area (Å²) in [7, 11) is 0.0607. The number of benzene rings is 1. The quantitative estimate of drug-likeness (QED) is 0.717. The molecule has 0 saturated carbocycles. The van der Waals surface area contributed by atoms with Crippen LogP contribution in [0.2, 0.25) is 0 Å². The monoisotopic (exact) mass is 273 g/mol. The Morgan fingerprint density at radius 1 is 1.22 bits per heavy atom. The van der Waals surface area contributed by atoms with Gasteiger partial charge in [0.2, 0.25) is 10.0 Å². The van der Waals surface area contributed by atoms with Crippen LogP contribution in [-0.2, 0) is 10.0 Å². The highest BCUT2D eigenvalue weighted by molar-refractivity contribution is 7.89. The minimum atomic E-state index is -3.69. The molecule has 1 amide bonds. The first-order valence-corrected chi connectivity index (χ1v) is 6.91. The van der Waals surface area contributed by atoms with Crippen molar-refractivity contribution in [1.29, 1.82) is 0 Å². The average Bonchev–Trinajstić information content (AvgIpc) is 2.29. The van der Waals surface area contributed by atoms with Gasteiger partial charge in [-0.15, -0.1) is 0 Å². The largest absolute Gasteiger partial charge is 0.352 e. The molecule has 0 fully saturated rings. The fourth-order valence-corrected chi connectivity index (χ4v) is 1.57. The minimum absolute atomic E-state index is 0.00412. The van der Waals surface area contributed by atoms with E-state index in [9.17, 15) is 13.2 Å². The number of hydrogen-bond donors (Lipinski definition) is 3. The fraction of sp³-hybridized carbons (Fsp3) is 0.364. The van der Waals surface area contributed by atoms with Crippen LogP contribution in [0, 0.1) is 0 Å². The summed E-state index contributed by atoms with van der Waals surface area (Å²) in [6, 6.07) is 5.45. The Balaban J connectivity index is 0.000000873. The van der Waals surface area contributed by atoms with E-state index in [2.05, 4.69) is 10.6 Å². The van der Waals surface area contributed by atoms with Crippen LogP contribution in [0.1, 0.15) is 17.3 Å². The molecule has 7 heteroatoms. The minimum Gasteiger partial charge on any atom is -0.352 e. The summed E-state index contributed by atoms with van der Waals surface area (Å²) in [5, 5.41) is 10.3. The lowest BCUT2D eigenvalue weighted by Crippen LogP contribution is -2.22. The molecule has 102 valence electrons. The molecule has 18 heavy (non-hydrogen) atoms. The van der Waals surface area contributed by atoms with Gasteiger partial charge in [-0.05, 0) is 45.3 Å². The fourth-order valence-electron chi connectivity index (χ4n) is 1.06. The van der Waals surface area contributed by atoms with E-state index < -0.39 is 10.0 Å². The normalized spacial score (nSPS) is 10.2. The van der Waals surface area contributed by atoms with Crippen molar-refractivity contribution in [1.82, 2.24) is 10.6 Å². The van der Waals surface area contributed by atoms with Crippen LogP contribution < -0.4 is 15.8 Å². The maximum atomic E-state index is 11.3. The Bertz CT molecular complexity index is 469. The summed E-state index contributed by atoms with van der Waals surface area (Å²) in [4.78, 5) is 11.3. The summed E-state index contributed by atoms with van der Waals surface area (Å²) < 4.78 is 21.8. The first-order chi connectivity index (χ1) is 8.36. The Morgan fingerprint density at radius 2 is 1.67 bits per heavy atom. The molecule has 1 aromatic carbocycles. The summed E-state index contributed by atoms with van der Waals surface area (Å²) >= 11 is 0. The molecule has 0 aliphatic rings. The number of nitrogens with one attached hydrogen (secondary N) is 2. The molecule has 0 aliphatic carbocycles. The lowest BCUT2D eigenvalue weighted by molar-refractivity contribution is 0.0955. The molecule has 0 unspecified atom stereocenters. The lowest BCUT2D eigenvalue weighted by atomic mass is 10.2. The highest BCUT2D eigenvalue weighted by Gasteiger charge is 2.09. The third kappa shape index (κ3) is 5.76. The molecule has 0 heterocycles. The molecule has 1 rings (SSSR count). The van der Waals surface area contributed by atoms with Crippen molar-refractivity contribution in [2.75, 3.05) is 20.6 Å². The number of carbonyl (C=O) groups is 1. The highest BCUT2D eigenvalue weighted by atomic mass is 32.2. The zero-order valence-electron chi connectivity index (χ0n) is 10.7. The van der Waals surface area contributed by atoms with Crippen molar-refractivity contribution in [2.24, 2.45) is 5.14 Å². The summed E-state index contributed by atoms with van der Waals surface area (Å²) in [5.41, 5.74) is 0.407. The first-order valence-electron chi connectivity index (χ1n) is 5.36. The lowest BCUT2D eigenvalue weighted by Gasteiger charge is -2.02. The van der Waals surface area contributed by atoms with Gasteiger partial charge >= 0.3 is 0 Å². The number of amides is 1. The molecule has 0 saturated heterocycles. The Kier molecular flexibility index (Phi) is 7.18. The Hall–Kier alpha value is -1.44. The molecule has 6 nitrogen and oxygen atoms in total. The van der Waals surface area contributed by atoms with E-state index in [0.717, 1.165) is 0 Å². The topological polar surface area (TPSA) is 101 Å². The van der Waals surface area contributed by atoms with E-state index in [1.807, 2.05) is 14.1 Å². The van der Waals surface area contributed by atoms with Gasteiger partial charge in [0.1, 0.15) is 0 Å². The van der Waals surface area contributed by atoms with Crippen molar-refractivity contribution in [3.05, 3.63) is 29.8 Å². The van der Waals surface area contributed by atoms with E-state index in [-0.39, 0.29) is 10.8 Å². The van der Waals surface area contributed by atoms with Crippen LogP contribution in [0.5, 0.6) is 0 Å². The molecule has 1 aromatic rings. The summed E-state index contributed by atoms with van der Waals surface area (Å²) in [6.45, 7) is 2.33. The van der Waals surface area contributed by atoms with Gasteiger partial charge in [0.25, 0.3) is 5.91 Å². The molecule has 4 N–H and O–H groups in total. The van der Waals surface area contributed by atoms with E-state index in [1.165, 1.54) is 24.3 Å².